The van der Waals surface area contributed by atoms with Crippen LogP contribution in [0.5, 0.6) is 5.75 Å². The molecule has 0 saturated carbocycles. The number of nitrogens with two attached hydrogens (primary N) is 1. The third kappa shape index (κ3) is 7.71. The fourth-order valence-corrected chi connectivity index (χ4v) is 4.31. The number of nitrogens with zero attached hydrogens (tertiary/aromatic N) is 3. The van der Waals surface area contributed by atoms with E-state index in [0.717, 1.165) is 35.4 Å². The Balaban J connectivity index is 1.72. The summed E-state index contributed by atoms with van der Waals surface area (Å²) in [4.78, 5) is 34.5. The number of hydrogen-bond acceptors (Lipinski definition) is 6. The van der Waals surface area contributed by atoms with Crippen molar-refractivity contribution in [2.75, 3.05) is 45.7 Å². The predicted octanol–water partition coefficient (Wildman–Crippen LogP) is 3.24. The van der Waals surface area contributed by atoms with E-state index in [2.05, 4.69) is 28.8 Å². The Bertz CT molecular complexity index is 1320. The average Bonchev–Trinajstić information content (AvgIpc) is 2.92. The zero-order valence-corrected chi connectivity index (χ0v) is 23.5. The maximum absolute atomic E-state index is 13.0. The van der Waals surface area contributed by atoms with Crippen molar-refractivity contribution < 1.29 is 14.3 Å². The van der Waals surface area contributed by atoms with Crippen LogP contribution >= 0.6 is 0 Å². The summed E-state index contributed by atoms with van der Waals surface area (Å²) < 4.78 is 5.40. The van der Waals surface area contributed by atoms with Gasteiger partial charge < -0.3 is 25.6 Å². The molecular weight excluding hydrogens is 489 g/mol. The number of aliphatic imine (C=N–C) groups is 1. The summed E-state index contributed by atoms with van der Waals surface area (Å²) in [6.45, 7) is 12.5. The number of allylic oxidation sites excluding steroid dienone is 3. The molecule has 203 valence electrons. The number of piperazine rings is 1. The highest BCUT2D eigenvalue weighted by molar-refractivity contribution is 6.53. The average molecular weight is 526 g/mol. The minimum atomic E-state index is -0.455. The topological polar surface area (TPSA) is 100 Å². The summed E-state index contributed by atoms with van der Waals surface area (Å²) in [5.41, 5.74) is 11.2. The maximum atomic E-state index is 13.0. The third-order valence-electron chi connectivity index (χ3n) is 6.54. The third-order valence-corrected chi connectivity index (χ3v) is 6.54. The molecule has 2 amide bonds. The van der Waals surface area contributed by atoms with Gasteiger partial charge in [0.25, 0.3) is 11.8 Å². The van der Waals surface area contributed by atoms with Crippen molar-refractivity contribution in [1.82, 2.24) is 9.80 Å². The molecule has 1 aliphatic heterocycles. The van der Waals surface area contributed by atoms with E-state index in [1.165, 1.54) is 6.08 Å². The molecular formula is C30H37BN5O3. The molecule has 39 heavy (non-hydrogen) atoms. The molecule has 3 N–H and O–H groups in total. The Morgan fingerprint density at radius 2 is 1.87 bits per heavy atom. The molecule has 0 unspecified atom stereocenters. The second-order valence-electron chi connectivity index (χ2n) is 9.47. The summed E-state index contributed by atoms with van der Waals surface area (Å²) in [5.74, 6) is 0.324. The monoisotopic (exact) mass is 526 g/mol. The van der Waals surface area contributed by atoms with Crippen LogP contribution in [-0.4, -0.2) is 74.9 Å². The largest absolute Gasteiger partial charge is 0.497 e. The fraction of sp³-hybridized carbons (Fsp3) is 0.300. The van der Waals surface area contributed by atoms with E-state index in [1.54, 1.807) is 44.4 Å². The Labute approximate surface area is 232 Å². The second kappa shape index (κ2) is 13.6. The first-order valence-corrected chi connectivity index (χ1v) is 12.9. The first-order valence-electron chi connectivity index (χ1n) is 12.9. The SMILES string of the molecule is C=C\C=C(/N=C(C)/C=C(\N)C(=O)Nc1ccc(C(=O)N2CCN(C)CC2)c(C)c1)c1ccc(OC)c([B]C)c1. The zero-order valence-electron chi connectivity index (χ0n) is 23.5. The van der Waals surface area contributed by atoms with Crippen molar-refractivity contribution in [3.05, 3.63) is 83.6 Å². The highest BCUT2D eigenvalue weighted by Crippen LogP contribution is 2.20. The van der Waals surface area contributed by atoms with Gasteiger partial charge in [-0.3, -0.25) is 14.6 Å². The summed E-state index contributed by atoms with van der Waals surface area (Å²) in [7, 11) is 5.65. The molecule has 2 aromatic carbocycles. The number of amides is 2. The molecule has 3 rings (SSSR count). The number of nitrogens with one attached hydrogen (secondary N) is 1. The molecule has 0 bridgehead atoms. The van der Waals surface area contributed by atoms with Crippen LogP contribution in [0.3, 0.4) is 0 Å². The lowest BCUT2D eigenvalue weighted by atomic mass is 9.72. The molecule has 9 heteroatoms. The van der Waals surface area contributed by atoms with Gasteiger partial charge >= 0.3 is 0 Å². The van der Waals surface area contributed by atoms with E-state index in [0.29, 0.717) is 35.7 Å². The molecule has 0 atom stereocenters. The highest BCUT2D eigenvalue weighted by Gasteiger charge is 2.22. The van der Waals surface area contributed by atoms with Crippen molar-refractivity contribution in [2.45, 2.75) is 20.7 Å². The van der Waals surface area contributed by atoms with E-state index in [9.17, 15) is 9.59 Å². The summed E-state index contributed by atoms with van der Waals surface area (Å²) >= 11 is 0. The van der Waals surface area contributed by atoms with Crippen LogP contribution in [0.15, 0.2) is 71.9 Å². The number of likely N-dealkylation sites (N-methyl/N-ethyl adjacent to an activating group) is 1. The van der Waals surface area contributed by atoms with Gasteiger partial charge in [-0.25, -0.2) is 0 Å². The second-order valence-corrected chi connectivity index (χ2v) is 9.47. The number of carbonyl (C=O) groups excluding carboxylic acids is 2. The van der Waals surface area contributed by atoms with E-state index >= 15 is 0 Å². The van der Waals surface area contributed by atoms with Crippen LogP contribution in [0.1, 0.15) is 28.4 Å². The summed E-state index contributed by atoms with van der Waals surface area (Å²) in [6, 6.07) is 11.0. The normalized spacial score (nSPS) is 15.1. The van der Waals surface area contributed by atoms with Gasteiger partial charge in [0.2, 0.25) is 0 Å². The maximum Gasteiger partial charge on any atom is 0.271 e. The van der Waals surface area contributed by atoms with Gasteiger partial charge in [-0.2, -0.15) is 0 Å². The molecule has 2 aromatic rings. The first-order chi connectivity index (χ1) is 18.7. The molecule has 0 spiro atoms. The van der Waals surface area contributed by atoms with Crippen molar-refractivity contribution in [1.29, 1.82) is 0 Å². The van der Waals surface area contributed by atoms with Crippen molar-refractivity contribution in [3.8, 4) is 5.75 Å². The predicted molar refractivity (Wildman–Crippen MR) is 161 cm³/mol. The van der Waals surface area contributed by atoms with Crippen LogP contribution in [0.4, 0.5) is 5.69 Å². The molecule has 0 aliphatic carbocycles. The highest BCUT2D eigenvalue weighted by atomic mass is 16.5. The first kappa shape index (κ1) is 29.5. The Kier molecular flexibility index (Phi) is 10.3. The van der Waals surface area contributed by atoms with Gasteiger partial charge in [0, 0.05) is 43.1 Å². The number of rotatable bonds is 9. The minimum absolute atomic E-state index is 0.00825. The summed E-state index contributed by atoms with van der Waals surface area (Å²) in [6.07, 6.45) is 4.98. The van der Waals surface area contributed by atoms with E-state index in [-0.39, 0.29) is 11.6 Å². The molecule has 8 nitrogen and oxygen atoms in total. The lowest BCUT2D eigenvalue weighted by Gasteiger charge is -2.32. The van der Waals surface area contributed by atoms with Gasteiger partial charge in [0.1, 0.15) is 5.75 Å². The number of hydrogen-bond donors (Lipinski definition) is 2. The van der Waals surface area contributed by atoms with Crippen LogP contribution in [0.2, 0.25) is 6.82 Å². The molecule has 1 radical (unpaired) electrons. The van der Waals surface area contributed by atoms with Crippen LogP contribution in [0.25, 0.3) is 5.70 Å². The van der Waals surface area contributed by atoms with E-state index in [1.807, 2.05) is 44.1 Å². The number of carbonyl (C=O) groups is 2. The number of methoxy groups -OCH3 is 1. The van der Waals surface area contributed by atoms with Crippen molar-refractivity contribution >= 4 is 41.7 Å². The summed E-state index contributed by atoms with van der Waals surface area (Å²) in [5, 5.41) is 2.81. The van der Waals surface area contributed by atoms with Crippen molar-refractivity contribution in [2.24, 2.45) is 10.7 Å². The molecule has 0 aromatic heterocycles. The van der Waals surface area contributed by atoms with E-state index in [4.69, 9.17) is 10.5 Å². The standard InChI is InChI=1S/C30H37BN5O3/c1-7-8-27(22-9-12-28(39-6)25(19-22)31-4)33-21(3)18-26(32)29(37)34-23-10-11-24(20(2)17-23)30(38)36-15-13-35(5)14-16-36/h7-12,17-19H,1,13-16,32H2,2-6H3,(H,34,37)/b26-18-,27-8-,33-21+. The molecule has 1 heterocycles. The zero-order chi connectivity index (χ0) is 28.5. The van der Waals surface area contributed by atoms with E-state index < -0.39 is 5.91 Å². The lowest BCUT2D eigenvalue weighted by molar-refractivity contribution is -0.112. The minimum Gasteiger partial charge on any atom is -0.497 e. The lowest BCUT2D eigenvalue weighted by Crippen LogP contribution is -2.47. The van der Waals surface area contributed by atoms with Crippen LogP contribution in [0, 0.1) is 6.92 Å². The number of anilines is 1. The smallest absolute Gasteiger partial charge is 0.271 e. The van der Waals surface area contributed by atoms with Crippen LogP contribution < -0.4 is 21.3 Å². The molecule has 1 saturated heterocycles. The van der Waals surface area contributed by atoms with Gasteiger partial charge in [0.05, 0.1) is 18.5 Å². The van der Waals surface area contributed by atoms with Gasteiger partial charge in [0.15, 0.2) is 7.28 Å². The molecule has 1 fully saturated rings. The quantitative estimate of drug-likeness (QED) is 0.226. The number of benzene rings is 2. The number of aryl methyl sites for hydroxylation is 1. The van der Waals surface area contributed by atoms with Gasteiger partial charge in [-0.05, 0) is 80.0 Å². The Morgan fingerprint density at radius 3 is 2.49 bits per heavy atom. The fourth-order valence-electron chi connectivity index (χ4n) is 4.31. The van der Waals surface area contributed by atoms with Gasteiger partial charge in [-0.15, -0.1) is 0 Å². The van der Waals surface area contributed by atoms with Crippen LogP contribution in [-0.2, 0) is 4.79 Å². The van der Waals surface area contributed by atoms with Gasteiger partial charge in [-0.1, -0.05) is 25.5 Å². The molecule has 1 aliphatic rings. The Morgan fingerprint density at radius 1 is 1.15 bits per heavy atom. The number of ether oxygens (including phenoxy) is 1. The Hall–Kier alpha value is -4.11. The van der Waals surface area contributed by atoms with Crippen molar-refractivity contribution in [3.63, 3.8) is 0 Å².